The number of hydrogen-bond acceptors (Lipinski definition) is 0. The van der Waals surface area contributed by atoms with Gasteiger partial charge in [-0.3, -0.25) is 0 Å². The molecule has 0 N–H and O–H groups in total. The van der Waals surface area contributed by atoms with Gasteiger partial charge in [-0.05, 0) is 6.92 Å². The molecule has 2 atom stereocenters. The molecule has 0 spiro atoms. The van der Waals surface area contributed by atoms with Gasteiger partial charge in [0.2, 0.25) is 0 Å². The minimum absolute atomic E-state index is 0.312. The molecule has 0 aliphatic carbocycles. The van der Waals surface area contributed by atoms with Crippen LogP contribution in [0.4, 0.5) is 0 Å². The van der Waals surface area contributed by atoms with Crippen molar-refractivity contribution >= 4 is 25.2 Å². The highest BCUT2D eigenvalue weighted by Crippen LogP contribution is 2.02. The van der Waals surface area contributed by atoms with Gasteiger partial charge in [0, 0.05) is 4.57 Å². The summed E-state index contributed by atoms with van der Waals surface area (Å²) in [6.07, 6.45) is 0. The van der Waals surface area contributed by atoms with Crippen LogP contribution in [0.3, 0.4) is 0 Å². The van der Waals surface area contributed by atoms with Crippen LogP contribution in [0, 0.1) is 6.92 Å². The first-order chi connectivity index (χ1) is 1.73. The number of alkyl halides is 1. The van der Waals surface area contributed by atoms with Gasteiger partial charge < -0.3 is 0 Å². The molecule has 0 rings (SSSR count). The van der Waals surface area contributed by atoms with Crippen molar-refractivity contribution in [1.82, 2.24) is 0 Å². The largest absolute Gasteiger partial charge is 0.123 e. The molecule has 0 nitrogen and oxygen atoms in total. The SMILES string of the molecule is [CH2]C(P)Br. The van der Waals surface area contributed by atoms with E-state index in [1.165, 1.54) is 0 Å². The average molecular weight is 140 g/mol. The predicted octanol–water partition coefficient (Wildman–Crippen LogP) is 1.42. The smallest absolute Gasteiger partial charge is 0.0289 e. The van der Waals surface area contributed by atoms with Crippen molar-refractivity contribution in [3.8, 4) is 0 Å². The summed E-state index contributed by atoms with van der Waals surface area (Å²) in [5.41, 5.74) is 0. The van der Waals surface area contributed by atoms with Gasteiger partial charge in [0.25, 0.3) is 0 Å². The molecule has 0 aromatic heterocycles. The summed E-state index contributed by atoms with van der Waals surface area (Å²) < 4.78 is 0.312. The lowest BCUT2D eigenvalue weighted by atomic mass is 11.0. The molecule has 0 fully saturated rings. The third-order valence-corrected chi connectivity index (χ3v) is 0. The lowest BCUT2D eigenvalue weighted by molar-refractivity contribution is 1.74. The molecule has 0 bridgehead atoms. The summed E-state index contributed by atoms with van der Waals surface area (Å²) in [7, 11) is 2.46. The number of rotatable bonds is 0. The Morgan fingerprint density at radius 1 is 2.00 bits per heavy atom. The monoisotopic (exact) mass is 139 g/mol. The Kier molecular flexibility index (Phi) is 2.66. The summed E-state index contributed by atoms with van der Waals surface area (Å²) in [5, 5.41) is 0. The van der Waals surface area contributed by atoms with E-state index in [0.717, 1.165) is 0 Å². The van der Waals surface area contributed by atoms with Gasteiger partial charge in [-0.1, -0.05) is 15.9 Å². The highest BCUT2D eigenvalue weighted by atomic mass is 79.9. The van der Waals surface area contributed by atoms with E-state index in [4.69, 9.17) is 0 Å². The number of hydrogen-bond donors (Lipinski definition) is 0. The number of halogens is 1. The summed E-state index contributed by atoms with van der Waals surface area (Å²) in [6, 6.07) is 0. The van der Waals surface area contributed by atoms with Crippen LogP contribution in [0.15, 0.2) is 0 Å². The van der Waals surface area contributed by atoms with Crippen molar-refractivity contribution in [1.29, 1.82) is 0 Å². The fourth-order valence-corrected chi connectivity index (χ4v) is 0. The molecule has 0 aromatic carbocycles. The second-order valence-corrected chi connectivity index (χ2v) is 3.47. The Hall–Kier alpha value is 0.910. The Morgan fingerprint density at radius 2 is 2.00 bits per heavy atom. The fourth-order valence-electron chi connectivity index (χ4n) is 0. The van der Waals surface area contributed by atoms with Crippen molar-refractivity contribution in [2.24, 2.45) is 0 Å². The van der Waals surface area contributed by atoms with Gasteiger partial charge >= 0.3 is 0 Å². The zero-order valence-corrected chi connectivity index (χ0v) is 4.98. The third kappa shape index (κ3) is 12.8. The molecule has 0 aliphatic rings. The molecule has 0 aliphatic heterocycles. The van der Waals surface area contributed by atoms with Crippen LogP contribution in [-0.4, -0.2) is 4.57 Å². The standard InChI is InChI=1S/C2H5BrP/c1-2(3)4/h2H,1,4H2. The Morgan fingerprint density at radius 3 is 2.00 bits per heavy atom. The highest BCUT2D eigenvalue weighted by Gasteiger charge is 1.71. The van der Waals surface area contributed by atoms with Crippen LogP contribution in [0.5, 0.6) is 0 Å². The molecule has 4 heavy (non-hydrogen) atoms. The maximum atomic E-state index is 3.52. The zero-order chi connectivity index (χ0) is 3.58. The molecular weight excluding hydrogens is 135 g/mol. The lowest BCUT2D eigenvalue weighted by Gasteiger charge is -1.76. The van der Waals surface area contributed by atoms with E-state index < -0.39 is 0 Å². The van der Waals surface area contributed by atoms with Crippen molar-refractivity contribution in [3.05, 3.63) is 6.92 Å². The Balaban J connectivity index is 2.32. The van der Waals surface area contributed by atoms with Gasteiger partial charge in [0.05, 0.1) is 0 Å². The van der Waals surface area contributed by atoms with Crippen LogP contribution in [0.1, 0.15) is 0 Å². The van der Waals surface area contributed by atoms with E-state index in [0.29, 0.717) is 4.57 Å². The first kappa shape index (κ1) is 4.91. The summed E-state index contributed by atoms with van der Waals surface area (Å²) in [4.78, 5) is 0. The third-order valence-electron chi connectivity index (χ3n) is 0. The Bertz CT molecular complexity index is 10.8. The second-order valence-electron chi connectivity index (χ2n) is 0.516. The molecule has 2 unspecified atom stereocenters. The maximum Gasteiger partial charge on any atom is 0.0289 e. The predicted molar refractivity (Wildman–Crippen MR) is 27.8 cm³/mol. The normalized spacial score (nSPS) is 15.8. The van der Waals surface area contributed by atoms with E-state index in [-0.39, 0.29) is 0 Å². The topological polar surface area (TPSA) is 0 Å². The Labute approximate surface area is 37.3 Å². The minimum atomic E-state index is 0.312. The zero-order valence-electron chi connectivity index (χ0n) is 2.24. The summed E-state index contributed by atoms with van der Waals surface area (Å²) >= 11 is 3.12. The van der Waals surface area contributed by atoms with Crippen LogP contribution in [-0.2, 0) is 0 Å². The molecular formula is C2H5BrP. The van der Waals surface area contributed by atoms with E-state index in [1.807, 2.05) is 0 Å². The van der Waals surface area contributed by atoms with Crippen LogP contribution >= 0.6 is 25.2 Å². The quantitative estimate of drug-likeness (QED) is 0.352. The molecule has 2 heteroatoms. The average Bonchev–Trinajstić information content (AvgIpc) is 0.811. The lowest BCUT2D eigenvalue weighted by Crippen LogP contribution is -1.61. The highest BCUT2D eigenvalue weighted by molar-refractivity contribution is 9.10. The van der Waals surface area contributed by atoms with Gasteiger partial charge in [-0.15, -0.1) is 9.24 Å². The molecule has 0 saturated heterocycles. The molecule has 1 radical (unpaired) electrons. The van der Waals surface area contributed by atoms with Crippen LogP contribution < -0.4 is 0 Å². The van der Waals surface area contributed by atoms with Crippen molar-refractivity contribution < 1.29 is 0 Å². The minimum Gasteiger partial charge on any atom is -0.123 e. The van der Waals surface area contributed by atoms with Gasteiger partial charge in [0.1, 0.15) is 0 Å². The van der Waals surface area contributed by atoms with Crippen molar-refractivity contribution in [2.75, 3.05) is 0 Å². The molecule has 0 heterocycles. The van der Waals surface area contributed by atoms with E-state index in [1.54, 1.807) is 0 Å². The van der Waals surface area contributed by atoms with Crippen molar-refractivity contribution in [2.45, 2.75) is 4.57 Å². The van der Waals surface area contributed by atoms with Crippen LogP contribution in [0.2, 0.25) is 0 Å². The van der Waals surface area contributed by atoms with Crippen molar-refractivity contribution in [3.63, 3.8) is 0 Å². The van der Waals surface area contributed by atoms with E-state index in [9.17, 15) is 0 Å². The van der Waals surface area contributed by atoms with Crippen LogP contribution in [0.25, 0.3) is 0 Å². The molecule has 0 saturated carbocycles. The van der Waals surface area contributed by atoms with E-state index >= 15 is 0 Å². The first-order valence-electron chi connectivity index (χ1n) is 0.960. The second kappa shape index (κ2) is 2.17. The molecule has 0 amide bonds. The van der Waals surface area contributed by atoms with Gasteiger partial charge in [-0.2, -0.15) is 0 Å². The summed E-state index contributed by atoms with van der Waals surface area (Å²) in [6.45, 7) is 3.52. The van der Waals surface area contributed by atoms with Gasteiger partial charge in [-0.25, -0.2) is 0 Å². The summed E-state index contributed by atoms with van der Waals surface area (Å²) in [5.74, 6) is 0. The molecule has 25 valence electrons. The first-order valence-corrected chi connectivity index (χ1v) is 2.54. The fraction of sp³-hybridized carbons (Fsp3) is 0.500. The maximum absolute atomic E-state index is 3.52. The molecule has 0 aromatic rings. The van der Waals surface area contributed by atoms with Gasteiger partial charge in [0.15, 0.2) is 0 Å². The van der Waals surface area contributed by atoms with E-state index in [2.05, 4.69) is 32.1 Å².